The molecule has 0 aliphatic carbocycles. The average molecular weight is 490 g/mol. The number of anilines is 3. The molecule has 9 heteroatoms. The van der Waals surface area contributed by atoms with Crippen LogP contribution in [0, 0.1) is 5.92 Å². The lowest BCUT2D eigenvalue weighted by atomic mass is 9.93. The number of hydrogen-bond donors (Lipinski definition) is 3. The van der Waals surface area contributed by atoms with Crippen LogP contribution in [-0.2, 0) is 11.3 Å². The maximum atomic E-state index is 11.0. The summed E-state index contributed by atoms with van der Waals surface area (Å²) in [6, 6.07) is 14.2. The van der Waals surface area contributed by atoms with Crippen molar-refractivity contribution in [1.29, 1.82) is 0 Å². The van der Waals surface area contributed by atoms with Crippen LogP contribution in [0.15, 0.2) is 54.9 Å². The van der Waals surface area contributed by atoms with Crippen LogP contribution < -0.4 is 16.0 Å². The predicted molar refractivity (Wildman–Crippen MR) is 142 cm³/mol. The molecule has 1 aromatic carbocycles. The van der Waals surface area contributed by atoms with Gasteiger partial charge in [0.25, 0.3) is 0 Å². The van der Waals surface area contributed by atoms with Crippen molar-refractivity contribution in [1.82, 2.24) is 19.9 Å². The molecular weight excluding hydrogens is 454 g/mol. The smallest absolute Gasteiger partial charge is 0.303 e. The van der Waals surface area contributed by atoms with Crippen LogP contribution in [0.25, 0.3) is 11.3 Å². The second-order valence-electron chi connectivity index (χ2n) is 9.38. The fraction of sp³-hybridized carbons (Fsp3) is 0.407. The van der Waals surface area contributed by atoms with Crippen LogP contribution in [0.1, 0.15) is 31.2 Å². The first-order valence-corrected chi connectivity index (χ1v) is 12.5. The molecule has 0 spiro atoms. The van der Waals surface area contributed by atoms with Crippen LogP contribution >= 0.6 is 0 Å². The van der Waals surface area contributed by atoms with E-state index in [-0.39, 0.29) is 6.42 Å². The quantitative estimate of drug-likeness (QED) is 0.370. The van der Waals surface area contributed by atoms with Gasteiger partial charge >= 0.3 is 5.97 Å². The molecular formula is C27H35N7O2. The Morgan fingerprint density at radius 1 is 1.19 bits per heavy atom. The van der Waals surface area contributed by atoms with Gasteiger partial charge in [-0.25, -0.2) is 15.0 Å². The Hall–Kier alpha value is -3.56. The molecule has 0 radical (unpaired) electrons. The summed E-state index contributed by atoms with van der Waals surface area (Å²) in [5, 5.41) is 12.3. The molecule has 9 nitrogen and oxygen atoms in total. The second kappa shape index (κ2) is 12.4. The number of nitrogens with one attached hydrogen (secondary N) is 1. The maximum Gasteiger partial charge on any atom is 0.303 e. The monoisotopic (exact) mass is 489 g/mol. The van der Waals surface area contributed by atoms with Gasteiger partial charge in [-0.05, 0) is 80.7 Å². The highest BCUT2D eigenvalue weighted by Gasteiger charge is 2.21. The zero-order valence-electron chi connectivity index (χ0n) is 20.8. The molecule has 3 heterocycles. The van der Waals surface area contributed by atoms with Crippen molar-refractivity contribution in [2.24, 2.45) is 11.7 Å². The molecule has 1 saturated heterocycles. The van der Waals surface area contributed by atoms with E-state index in [9.17, 15) is 4.79 Å². The maximum absolute atomic E-state index is 11.0. The number of hydrogen-bond acceptors (Lipinski definition) is 8. The van der Waals surface area contributed by atoms with Crippen molar-refractivity contribution in [3.63, 3.8) is 0 Å². The molecule has 0 amide bonds. The highest BCUT2D eigenvalue weighted by Crippen LogP contribution is 2.24. The van der Waals surface area contributed by atoms with E-state index in [1.807, 2.05) is 43.6 Å². The third-order valence-electron chi connectivity index (χ3n) is 6.55. The number of carbonyl (C=O) groups is 1. The van der Waals surface area contributed by atoms with Gasteiger partial charge in [0.15, 0.2) is 0 Å². The van der Waals surface area contributed by atoms with Gasteiger partial charge < -0.3 is 21.1 Å². The molecule has 0 unspecified atom stereocenters. The molecule has 1 aliphatic heterocycles. The number of aromatic nitrogens is 3. The molecule has 190 valence electrons. The molecule has 2 aromatic heterocycles. The first kappa shape index (κ1) is 25.5. The topological polar surface area (TPSA) is 121 Å². The van der Waals surface area contributed by atoms with Crippen LogP contribution in [0.5, 0.6) is 0 Å². The summed E-state index contributed by atoms with van der Waals surface area (Å²) in [4.78, 5) is 29.1. The number of piperidine rings is 1. The Bertz CT molecular complexity index is 1130. The molecule has 36 heavy (non-hydrogen) atoms. The second-order valence-corrected chi connectivity index (χ2v) is 9.38. The molecule has 1 fully saturated rings. The van der Waals surface area contributed by atoms with Gasteiger partial charge in [-0.15, -0.1) is 0 Å². The number of carboxylic acid groups (broad SMARTS) is 1. The van der Waals surface area contributed by atoms with E-state index in [1.165, 1.54) is 5.56 Å². The van der Waals surface area contributed by atoms with Gasteiger partial charge in [0, 0.05) is 50.2 Å². The van der Waals surface area contributed by atoms with E-state index in [2.05, 4.69) is 42.2 Å². The van der Waals surface area contributed by atoms with E-state index in [0.29, 0.717) is 18.4 Å². The minimum atomic E-state index is -0.697. The van der Waals surface area contributed by atoms with Crippen LogP contribution in [0.4, 0.5) is 17.5 Å². The van der Waals surface area contributed by atoms with Gasteiger partial charge in [-0.1, -0.05) is 12.1 Å². The summed E-state index contributed by atoms with van der Waals surface area (Å²) in [6.07, 6.45) is 6.65. The number of nitrogens with zero attached hydrogens (tertiary/aromatic N) is 5. The lowest BCUT2D eigenvalue weighted by molar-refractivity contribution is -0.138. The van der Waals surface area contributed by atoms with E-state index < -0.39 is 5.97 Å². The lowest BCUT2D eigenvalue weighted by Gasteiger charge is -2.31. The average Bonchev–Trinajstić information content (AvgIpc) is 2.88. The summed E-state index contributed by atoms with van der Waals surface area (Å²) in [7, 11) is 2.01. The Morgan fingerprint density at radius 2 is 2.03 bits per heavy atom. The SMILES string of the molecule is CN(CCCN)c1ccc(-c2ccnc(Nc3cccc(CN4CCC(CC(=O)O)CC4)c3)n2)cn1. The van der Waals surface area contributed by atoms with Crippen molar-refractivity contribution in [3.8, 4) is 11.3 Å². The van der Waals surface area contributed by atoms with Gasteiger partial charge in [0.2, 0.25) is 5.95 Å². The minimum Gasteiger partial charge on any atom is -0.481 e. The number of aliphatic carboxylic acids is 1. The van der Waals surface area contributed by atoms with Crippen LogP contribution in [-0.4, -0.2) is 64.2 Å². The zero-order valence-corrected chi connectivity index (χ0v) is 20.8. The molecule has 0 atom stereocenters. The summed E-state index contributed by atoms with van der Waals surface area (Å²) < 4.78 is 0. The minimum absolute atomic E-state index is 0.276. The number of rotatable bonds is 11. The van der Waals surface area contributed by atoms with Crippen molar-refractivity contribution >= 4 is 23.4 Å². The summed E-state index contributed by atoms with van der Waals surface area (Å²) in [5.74, 6) is 1.03. The first-order valence-electron chi connectivity index (χ1n) is 12.5. The number of benzene rings is 1. The Balaban J connectivity index is 1.36. The van der Waals surface area contributed by atoms with Crippen molar-refractivity contribution in [3.05, 3.63) is 60.4 Å². The Kier molecular flexibility index (Phi) is 8.80. The normalized spacial score (nSPS) is 14.5. The fourth-order valence-corrected chi connectivity index (χ4v) is 4.52. The fourth-order valence-electron chi connectivity index (χ4n) is 4.52. The van der Waals surface area contributed by atoms with E-state index >= 15 is 0 Å². The number of pyridine rings is 1. The Morgan fingerprint density at radius 3 is 2.75 bits per heavy atom. The van der Waals surface area contributed by atoms with Crippen molar-refractivity contribution in [2.75, 3.05) is 43.4 Å². The van der Waals surface area contributed by atoms with Crippen LogP contribution in [0.3, 0.4) is 0 Å². The third kappa shape index (κ3) is 7.22. The number of likely N-dealkylation sites (tertiary alicyclic amines) is 1. The highest BCUT2D eigenvalue weighted by atomic mass is 16.4. The van der Waals surface area contributed by atoms with Gasteiger partial charge in [-0.2, -0.15) is 0 Å². The molecule has 4 rings (SSSR count). The largest absolute Gasteiger partial charge is 0.481 e. The third-order valence-corrected chi connectivity index (χ3v) is 6.55. The van der Waals surface area contributed by atoms with Gasteiger partial charge in [-0.3, -0.25) is 9.69 Å². The molecule has 4 N–H and O–H groups in total. The molecule has 1 aliphatic rings. The van der Waals surface area contributed by atoms with Gasteiger partial charge in [0.1, 0.15) is 5.82 Å². The first-order chi connectivity index (χ1) is 17.5. The summed E-state index contributed by atoms with van der Waals surface area (Å²) in [5.41, 5.74) is 9.47. The summed E-state index contributed by atoms with van der Waals surface area (Å²) >= 11 is 0. The Labute approximate surface area is 212 Å². The van der Waals surface area contributed by atoms with Crippen molar-refractivity contribution < 1.29 is 9.90 Å². The predicted octanol–water partition coefficient (Wildman–Crippen LogP) is 3.75. The van der Waals surface area contributed by atoms with Gasteiger partial charge in [0.05, 0.1) is 5.69 Å². The molecule has 0 bridgehead atoms. The zero-order chi connectivity index (χ0) is 25.3. The summed E-state index contributed by atoms with van der Waals surface area (Å²) in [6.45, 7) is 4.22. The van der Waals surface area contributed by atoms with Crippen molar-refractivity contribution in [2.45, 2.75) is 32.2 Å². The number of nitrogens with two attached hydrogens (primary N) is 1. The lowest BCUT2D eigenvalue weighted by Crippen LogP contribution is -2.33. The van der Waals surface area contributed by atoms with Crippen LogP contribution in [0.2, 0.25) is 0 Å². The highest BCUT2D eigenvalue weighted by molar-refractivity contribution is 5.67. The van der Waals surface area contributed by atoms with E-state index in [1.54, 1.807) is 6.20 Å². The standard InChI is InChI=1S/C27H35N7O2/c1-33(13-3-11-28)25-7-6-22(18-30-25)24-8-12-29-27(32-24)31-23-5-2-4-21(16-23)19-34-14-9-20(10-15-34)17-26(35)36/h2,4-8,12,16,18,20H,3,9-11,13-15,17,19,28H2,1H3,(H,35,36)(H,29,31,32). The van der Waals surface area contributed by atoms with E-state index in [0.717, 1.165) is 68.2 Å². The molecule has 3 aromatic rings. The number of carboxylic acids is 1. The van der Waals surface area contributed by atoms with E-state index in [4.69, 9.17) is 10.8 Å². The molecule has 0 saturated carbocycles.